The lowest BCUT2D eigenvalue weighted by Crippen LogP contribution is -2.26. The maximum atomic E-state index is 13.7. The summed E-state index contributed by atoms with van der Waals surface area (Å²) in [7, 11) is 0. The Balaban J connectivity index is 2.24. The molecule has 3 nitrogen and oxygen atoms in total. The van der Waals surface area contributed by atoms with Gasteiger partial charge in [0.15, 0.2) is 5.12 Å². The molecule has 0 radical (unpaired) electrons. The zero-order valence-corrected chi connectivity index (χ0v) is 11.2. The molecule has 0 aliphatic carbocycles. The van der Waals surface area contributed by atoms with Crippen molar-refractivity contribution in [1.82, 2.24) is 0 Å². The minimum absolute atomic E-state index is 0.0470. The second kappa shape index (κ2) is 5.28. The highest BCUT2D eigenvalue weighted by atomic mass is 35.5. The van der Waals surface area contributed by atoms with Crippen molar-refractivity contribution in [3.05, 3.63) is 29.0 Å². The maximum Gasteiger partial charge on any atom is 0.228 e. The summed E-state index contributed by atoms with van der Waals surface area (Å²) >= 11 is 7.03. The largest absolute Gasteiger partial charge is 0.307 e. The van der Waals surface area contributed by atoms with E-state index in [0.29, 0.717) is 6.54 Å². The van der Waals surface area contributed by atoms with E-state index in [1.54, 1.807) is 6.07 Å². The molecule has 2 rings (SSSR count). The Morgan fingerprint density at radius 1 is 1.56 bits per heavy atom. The lowest BCUT2D eigenvalue weighted by molar-refractivity contribution is -0.117. The standard InChI is InChI=1S/C12H11ClFNO2S/c1-7(16)18-8-5-11(17)15(6-8)12-9(13)3-2-4-10(12)14/h2-4,8H,5-6H2,1H3. The molecule has 18 heavy (non-hydrogen) atoms. The lowest BCUT2D eigenvalue weighted by Gasteiger charge is -2.18. The van der Waals surface area contributed by atoms with Gasteiger partial charge in [-0.15, -0.1) is 0 Å². The summed E-state index contributed by atoms with van der Waals surface area (Å²) in [5.74, 6) is -0.731. The van der Waals surface area contributed by atoms with Gasteiger partial charge in [-0.25, -0.2) is 4.39 Å². The molecule has 1 aliphatic heterocycles. The molecule has 0 bridgehead atoms. The highest BCUT2D eigenvalue weighted by molar-refractivity contribution is 8.14. The SMILES string of the molecule is CC(=O)SC1CC(=O)N(c2c(F)cccc2Cl)C1. The first-order valence-electron chi connectivity index (χ1n) is 5.40. The summed E-state index contributed by atoms with van der Waals surface area (Å²) in [5, 5.41) is 0.0248. The van der Waals surface area contributed by atoms with Crippen molar-refractivity contribution in [3.8, 4) is 0 Å². The van der Waals surface area contributed by atoms with E-state index in [4.69, 9.17) is 11.6 Å². The van der Waals surface area contributed by atoms with Crippen molar-refractivity contribution in [2.24, 2.45) is 0 Å². The second-order valence-corrected chi connectivity index (χ2v) is 5.89. The highest BCUT2D eigenvalue weighted by Gasteiger charge is 2.34. The fraction of sp³-hybridized carbons (Fsp3) is 0.333. The van der Waals surface area contributed by atoms with E-state index in [1.165, 1.54) is 24.0 Å². The van der Waals surface area contributed by atoms with Gasteiger partial charge < -0.3 is 4.90 Å². The van der Waals surface area contributed by atoms with Gasteiger partial charge in [0.2, 0.25) is 5.91 Å². The first-order chi connectivity index (χ1) is 8.49. The van der Waals surface area contributed by atoms with Crippen molar-refractivity contribution >= 4 is 40.1 Å². The van der Waals surface area contributed by atoms with E-state index in [2.05, 4.69) is 0 Å². The third-order valence-electron chi connectivity index (χ3n) is 2.63. The van der Waals surface area contributed by atoms with Crippen molar-refractivity contribution in [2.45, 2.75) is 18.6 Å². The minimum Gasteiger partial charge on any atom is -0.307 e. The van der Waals surface area contributed by atoms with Gasteiger partial charge in [-0.3, -0.25) is 9.59 Å². The van der Waals surface area contributed by atoms with Crippen molar-refractivity contribution in [1.29, 1.82) is 0 Å². The van der Waals surface area contributed by atoms with E-state index in [0.717, 1.165) is 11.8 Å². The first kappa shape index (κ1) is 13.4. The number of anilines is 1. The van der Waals surface area contributed by atoms with Gasteiger partial charge in [0.05, 0.1) is 10.7 Å². The van der Waals surface area contributed by atoms with Crippen molar-refractivity contribution < 1.29 is 14.0 Å². The molecule has 1 heterocycles. The van der Waals surface area contributed by atoms with E-state index in [9.17, 15) is 14.0 Å². The summed E-state index contributed by atoms with van der Waals surface area (Å²) < 4.78 is 13.7. The Morgan fingerprint density at radius 2 is 2.28 bits per heavy atom. The number of rotatable bonds is 2. The summed E-state index contributed by atoms with van der Waals surface area (Å²) in [6, 6.07) is 4.29. The van der Waals surface area contributed by atoms with Crippen LogP contribution in [0.5, 0.6) is 0 Å². The number of hydrogen-bond acceptors (Lipinski definition) is 3. The normalized spacial score (nSPS) is 19.4. The first-order valence-corrected chi connectivity index (χ1v) is 6.66. The van der Waals surface area contributed by atoms with E-state index < -0.39 is 5.82 Å². The van der Waals surface area contributed by atoms with Crippen molar-refractivity contribution in [3.63, 3.8) is 0 Å². The van der Waals surface area contributed by atoms with Gasteiger partial charge in [0.25, 0.3) is 0 Å². The zero-order chi connectivity index (χ0) is 13.3. The molecule has 6 heteroatoms. The molecule has 1 unspecified atom stereocenters. The van der Waals surface area contributed by atoms with Crippen LogP contribution in [0.1, 0.15) is 13.3 Å². The fourth-order valence-corrected chi connectivity index (χ4v) is 3.14. The molecule has 0 aromatic heterocycles. The van der Waals surface area contributed by atoms with Gasteiger partial charge in [0, 0.05) is 25.1 Å². The predicted octanol–water partition coefficient (Wildman–Crippen LogP) is 2.86. The van der Waals surface area contributed by atoms with Crippen LogP contribution < -0.4 is 4.90 Å². The molecule has 1 fully saturated rings. The monoisotopic (exact) mass is 287 g/mol. The topological polar surface area (TPSA) is 37.4 Å². The van der Waals surface area contributed by atoms with Crippen LogP contribution in [0.25, 0.3) is 0 Å². The van der Waals surface area contributed by atoms with Crippen LogP contribution in [0.15, 0.2) is 18.2 Å². The maximum absolute atomic E-state index is 13.7. The smallest absolute Gasteiger partial charge is 0.228 e. The molecule has 1 saturated heterocycles. The van der Waals surface area contributed by atoms with E-state index in [1.807, 2.05) is 0 Å². The van der Waals surface area contributed by atoms with E-state index >= 15 is 0 Å². The molecular weight excluding hydrogens is 277 g/mol. The molecule has 1 aromatic rings. The third kappa shape index (κ3) is 2.67. The summed E-state index contributed by atoms with van der Waals surface area (Å²) in [6.45, 7) is 1.76. The van der Waals surface area contributed by atoms with Crippen LogP contribution in [0.3, 0.4) is 0 Å². The summed E-state index contributed by atoms with van der Waals surface area (Å²) in [5.41, 5.74) is 0.107. The van der Waals surface area contributed by atoms with Crippen LogP contribution in [0, 0.1) is 5.82 Å². The van der Waals surface area contributed by atoms with Crippen LogP contribution in [-0.4, -0.2) is 22.8 Å². The summed E-state index contributed by atoms with van der Waals surface area (Å²) in [4.78, 5) is 24.2. The Hall–Kier alpha value is -1.07. The molecule has 96 valence electrons. The quantitative estimate of drug-likeness (QED) is 0.839. The Labute approximate surface area is 113 Å². The Bertz CT molecular complexity index is 489. The van der Waals surface area contributed by atoms with Gasteiger partial charge in [-0.1, -0.05) is 29.4 Å². The third-order valence-corrected chi connectivity index (χ3v) is 3.92. The van der Waals surface area contributed by atoms with Gasteiger partial charge >= 0.3 is 0 Å². The molecule has 1 amide bonds. The molecule has 0 saturated carbocycles. The molecule has 0 spiro atoms. The number of carbonyl (C=O) groups excluding carboxylic acids is 2. The molecule has 1 aromatic carbocycles. The predicted molar refractivity (Wildman–Crippen MR) is 70.4 cm³/mol. The average molecular weight is 288 g/mol. The van der Waals surface area contributed by atoms with Crippen molar-refractivity contribution in [2.75, 3.05) is 11.4 Å². The highest BCUT2D eigenvalue weighted by Crippen LogP contribution is 2.34. The number of amides is 1. The average Bonchev–Trinajstić information content (AvgIpc) is 2.58. The van der Waals surface area contributed by atoms with Gasteiger partial charge in [0.1, 0.15) is 5.82 Å². The summed E-state index contributed by atoms with van der Waals surface area (Å²) in [6.07, 6.45) is 0.231. The molecular formula is C12H11ClFNO2S. The second-order valence-electron chi connectivity index (χ2n) is 4.01. The number of carbonyl (C=O) groups is 2. The molecule has 1 atom stereocenters. The van der Waals surface area contributed by atoms with Gasteiger partial charge in [-0.2, -0.15) is 0 Å². The zero-order valence-electron chi connectivity index (χ0n) is 9.65. The number of thioether (sulfide) groups is 1. The van der Waals surface area contributed by atoms with Crippen LogP contribution in [0.4, 0.5) is 10.1 Å². The minimum atomic E-state index is -0.524. The Morgan fingerprint density at radius 3 is 2.89 bits per heavy atom. The van der Waals surface area contributed by atoms with E-state index in [-0.39, 0.29) is 33.4 Å². The molecule has 1 aliphatic rings. The number of nitrogens with zero attached hydrogens (tertiary/aromatic N) is 1. The fourth-order valence-electron chi connectivity index (χ4n) is 1.95. The van der Waals surface area contributed by atoms with Crippen LogP contribution in [0.2, 0.25) is 5.02 Å². The van der Waals surface area contributed by atoms with Crippen LogP contribution in [-0.2, 0) is 9.59 Å². The van der Waals surface area contributed by atoms with Crippen LogP contribution >= 0.6 is 23.4 Å². The lowest BCUT2D eigenvalue weighted by atomic mass is 10.3. The Kier molecular flexibility index (Phi) is 3.92. The molecule has 0 N–H and O–H groups in total. The number of benzene rings is 1. The number of halogens is 2. The van der Waals surface area contributed by atoms with Gasteiger partial charge in [-0.05, 0) is 12.1 Å². The number of para-hydroxylation sites is 1. The number of hydrogen-bond donors (Lipinski definition) is 0.